The summed E-state index contributed by atoms with van der Waals surface area (Å²) in [6, 6.07) is 0. The molecule has 0 aromatic carbocycles. The van der Waals surface area contributed by atoms with Crippen molar-refractivity contribution in [2.75, 3.05) is 19.8 Å². The maximum atomic E-state index is 5.38. The Balaban J connectivity index is 1.93. The summed E-state index contributed by atoms with van der Waals surface area (Å²) in [7, 11) is 1.95. The van der Waals surface area contributed by atoms with Gasteiger partial charge in [0.05, 0.1) is 6.54 Å². The Bertz CT molecular complexity index is 695. The molecule has 0 spiro atoms. The Morgan fingerprint density at radius 3 is 2.81 bits per heavy atom. The van der Waals surface area contributed by atoms with Crippen LogP contribution in [0.25, 0.3) is 0 Å². The first-order valence-corrected chi connectivity index (χ1v) is 9.84. The molecule has 8 nitrogen and oxygen atoms in total. The molecule has 9 heteroatoms. The summed E-state index contributed by atoms with van der Waals surface area (Å²) >= 11 is 1.73. The summed E-state index contributed by atoms with van der Waals surface area (Å²) < 4.78 is 7.33. The van der Waals surface area contributed by atoms with Crippen molar-refractivity contribution in [3.63, 3.8) is 0 Å². The lowest BCUT2D eigenvalue weighted by molar-refractivity contribution is 0.145. The van der Waals surface area contributed by atoms with Crippen LogP contribution in [0.4, 0.5) is 0 Å². The van der Waals surface area contributed by atoms with Gasteiger partial charge in [0, 0.05) is 37.9 Å². The van der Waals surface area contributed by atoms with Gasteiger partial charge in [0.1, 0.15) is 17.4 Å². The smallest absolute Gasteiger partial charge is 0.192 e. The average Bonchev–Trinajstić information content (AvgIpc) is 3.24. The summed E-state index contributed by atoms with van der Waals surface area (Å²) in [6.45, 7) is 9.47. The summed E-state index contributed by atoms with van der Waals surface area (Å²) in [6.07, 6.45) is 3.88. The van der Waals surface area contributed by atoms with Crippen LogP contribution < -0.4 is 10.6 Å². The first kappa shape index (κ1) is 20.3. The van der Waals surface area contributed by atoms with E-state index in [0.717, 1.165) is 55.2 Å². The second kappa shape index (κ2) is 10.9. The number of thiazole rings is 1. The minimum Gasteiger partial charge on any atom is -0.382 e. The normalized spacial score (nSPS) is 11.8. The quantitative estimate of drug-likeness (QED) is 0.372. The number of guanidine groups is 1. The molecule has 0 saturated carbocycles. The van der Waals surface area contributed by atoms with Gasteiger partial charge in [-0.2, -0.15) is 0 Å². The van der Waals surface area contributed by atoms with Crippen molar-refractivity contribution in [2.45, 2.75) is 46.7 Å². The lowest BCUT2D eigenvalue weighted by Crippen LogP contribution is -2.37. The Morgan fingerprint density at radius 2 is 2.15 bits per heavy atom. The lowest BCUT2D eigenvalue weighted by Gasteiger charge is -2.12. The molecule has 0 atom stereocenters. The zero-order valence-electron chi connectivity index (χ0n) is 16.1. The van der Waals surface area contributed by atoms with Crippen LogP contribution in [-0.4, -0.2) is 45.5 Å². The number of nitrogens with zero attached hydrogens (tertiary/aromatic N) is 5. The van der Waals surface area contributed by atoms with Crippen molar-refractivity contribution in [3.05, 3.63) is 27.7 Å². The molecule has 2 aromatic rings. The van der Waals surface area contributed by atoms with Gasteiger partial charge in [-0.05, 0) is 26.7 Å². The van der Waals surface area contributed by atoms with Gasteiger partial charge < -0.3 is 19.9 Å². The fourth-order valence-electron chi connectivity index (χ4n) is 2.19. The van der Waals surface area contributed by atoms with Gasteiger partial charge in [-0.3, -0.25) is 0 Å². The van der Waals surface area contributed by atoms with E-state index >= 15 is 0 Å². The molecule has 0 aliphatic heterocycles. The van der Waals surface area contributed by atoms with Crippen LogP contribution in [0.2, 0.25) is 0 Å². The van der Waals surface area contributed by atoms with Crippen LogP contribution in [0.3, 0.4) is 0 Å². The van der Waals surface area contributed by atoms with E-state index in [0.29, 0.717) is 13.1 Å². The van der Waals surface area contributed by atoms with Gasteiger partial charge in [0.2, 0.25) is 0 Å². The molecule has 0 amide bonds. The Hall–Kier alpha value is -2.00. The first-order chi connectivity index (χ1) is 12.6. The topological polar surface area (TPSA) is 89.2 Å². The van der Waals surface area contributed by atoms with E-state index in [1.807, 2.05) is 31.7 Å². The van der Waals surface area contributed by atoms with Gasteiger partial charge in [0.15, 0.2) is 11.8 Å². The monoisotopic (exact) mass is 379 g/mol. The van der Waals surface area contributed by atoms with Crippen LogP contribution in [0.1, 0.15) is 41.8 Å². The Morgan fingerprint density at radius 1 is 1.31 bits per heavy atom. The van der Waals surface area contributed by atoms with Crippen molar-refractivity contribution < 1.29 is 4.74 Å². The predicted molar refractivity (Wildman–Crippen MR) is 104 cm³/mol. The summed E-state index contributed by atoms with van der Waals surface area (Å²) in [5.41, 5.74) is 0. The molecule has 26 heavy (non-hydrogen) atoms. The van der Waals surface area contributed by atoms with Crippen LogP contribution >= 0.6 is 11.3 Å². The summed E-state index contributed by atoms with van der Waals surface area (Å²) in [5.74, 6) is 2.46. The minimum absolute atomic E-state index is 0.468. The van der Waals surface area contributed by atoms with E-state index in [4.69, 9.17) is 4.74 Å². The number of ether oxygens (including phenoxy) is 1. The van der Waals surface area contributed by atoms with E-state index in [9.17, 15) is 0 Å². The molecule has 0 aliphatic rings. The second-order valence-electron chi connectivity index (χ2n) is 5.79. The number of hydrogen-bond donors (Lipinski definition) is 2. The maximum Gasteiger partial charge on any atom is 0.192 e. The molecule has 2 N–H and O–H groups in total. The van der Waals surface area contributed by atoms with E-state index in [2.05, 4.69) is 37.7 Å². The molecule has 2 rings (SSSR count). The molecule has 2 aromatic heterocycles. The molecule has 2 heterocycles. The Labute approximate surface area is 159 Å². The highest BCUT2D eigenvalue weighted by Gasteiger charge is 2.06. The van der Waals surface area contributed by atoms with Gasteiger partial charge >= 0.3 is 0 Å². The van der Waals surface area contributed by atoms with Crippen molar-refractivity contribution in [1.29, 1.82) is 0 Å². The average molecular weight is 380 g/mol. The highest BCUT2D eigenvalue weighted by molar-refractivity contribution is 7.11. The third kappa shape index (κ3) is 6.38. The summed E-state index contributed by atoms with van der Waals surface area (Å²) in [5, 5.41) is 16.0. The molecule has 0 radical (unpaired) electrons. The number of rotatable bonds is 10. The van der Waals surface area contributed by atoms with Crippen LogP contribution in [0.15, 0.2) is 11.2 Å². The lowest BCUT2D eigenvalue weighted by atomic mass is 10.4. The number of nitrogens with one attached hydrogen (secondary N) is 2. The molecule has 0 fully saturated rings. The molecule has 0 saturated heterocycles. The van der Waals surface area contributed by atoms with Crippen molar-refractivity contribution >= 4 is 17.3 Å². The molecular weight excluding hydrogens is 350 g/mol. The fraction of sp³-hybridized carbons (Fsp3) is 0.647. The van der Waals surface area contributed by atoms with E-state index in [-0.39, 0.29) is 0 Å². The standard InChI is InChI=1S/C17H29N7OS/c1-5-14-10-19-16(26-14)12-21-17(18-8-7-9-25-6-2)20-11-15-23-22-13(3)24(15)4/h10H,5-9,11-12H2,1-4H3,(H2,18,20,21). The van der Waals surface area contributed by atoms with Crippen LogP contribution in [-0.2, 0) is 31.3 Å². The Kier molecular flexibility index (Phi) is 8.49. The highest BCUT2D eigenvalue weighted by atomic mass is 32.1. The second-order valence-corrected chi connectivity index (χ2v) is 6.99. The van der Waals surface area contributed by atoms with E-state index < -0.39 is 0 Å². The van der Waals surface area contributed by atoms with Gasteiger partial charge in [0.25, 0.3) is 0 Å². The van der Waals surface area contributed by atoms with E-state index in [1.54, 1.807) is 11.3 Å². The highest BCUT2D eigenvalue weighted by Crippen LogP contribution is 2.12. The van der Waals surface area contributed by atoms with Crippen LogP contribution in [0, 0.1) is 6.92 Å². The fourth-order valence-corrected chi connectivity index (χ4v) is 2.99. The summed E-state index contributed by atoms with van der Waals surface area (Å²) in [4.78, 5) is 10.4. The van der Waals surface area contributed by atoms with Crippen molar-refractivity contribution in [1.82, 2.24) is 30.4 Å². The third-order valence-electron chi connectivity index (χ3n) is 3.88. The molecular formula is C17H29N7OS. The van der Waals surface area contributed by atoms with Gasteiger partial charge in [-0.25, -0.2) is 9.98 Å². The molecule has 0 bridgehead atoms. The zero-order valence-corrected chi connectivity index (χ0v) is 16.9. The zero-order chi connectivity index (χ0) is 18.8. The number of aromatic nitrogens is 4. The maximum absolute atomic E-state index is 5.38. The molecule has 0 unspecified atom stereocenters. The van der Waals surface area contributed by atoms with Crippen molar-refractivity contribution in [2.24, 2.45) is 12.0 Å². The largest absolute Gasteiger partial charge is 0.382 e. The predicted octanol–water partition coefficient (Wildman–Crippen LogP) is 1.80. The third-order valence-corrected chi connectivity index (χ3v) is 5.02. The van der Waals surface area contributed by atoms with Crippen LogP contribution in [0.5, 0.6) is 0 Å². The minimum atomic E-state index is 0.468. The van der Waals surface area contributed by atoms with E-state index in [1.165, 1.54) is 4.88 Å². The van der Waals surface area contributed by atoms with Gasteiger partial charge in [-0.15, -0.1) is 21.5 Å². The number of aryl methyl sites for hydroxylation is 2. The first-order valence-electron chi connectivity index (χ1n) is 9.02. The molecule has 144 valence electrons. The molecule has 0 aliphatic carbocycles. The van der Waals surface area contributed by atoms with Crippen molar-refractivity contribution in [3.8, 4) is 0 Å². The van der Waals surface area contributed by atoms with Gasteiger partial charge in [-0.1, -0.05) is 6.92 Å². The number of hydrogen-bond acceptors (Lipinski definition) is 6. The SMILES string of the molecule is CCOCCCNC(=NCc1nnc(C)n1C)NCc1ncc(CC)s1. The number of aliphatic imine (C=N–C) groups is 1.